The van der Waals surface area contributed by atoms with E-state index >= 15 is 0 Å². The van der Waals surface area contributed by atoms with Gasteiger partial charge in [-0.2, -0.15) is 0 Å². The van der Waals surface area contributed by atoms with Gasteiger partial charge in [-0.1, -0.05) is 25.8 Å². The fraction of sp³-hybridized carbons (Fsp3) is 0.423. The molecule has 0 atom stereocenters. The van der Waals surface area contributed by atoms with Gasteiger partial charge >= 0.3 is 5.97 Å². The third kappa shape index (κ3) is 8.76. The Bertz CT molecular complexity index is 1160. The lowest BCUT2D eigenvalue weighted by Crippen LogP contribution is -2.24. The number of rotatable bonds is 14. The van der Waals surface area contributed by atoms with Crippen molar-refractivity contribution in [1.82, 2.24) is 4.31 Å². The maximum Gasteiger partial charge on any atom is 0.306 e. The second-order valence-electron chi connectivity index (χ2n) is 8.48. The third-order valence-corrected chi connectivity index (χ3v) is 7.19. The molecule has 2 aromatic carbocycles. The summed E-state index contributed by atoms with van der Waals surface area (Å²) in [6.07, 6.45) is 2.96. The molecule has 0 aliphatic carbocycles. The van der Waals surface area contributed by atoms with Gasteiger partial charge in [0.2, 0.25) is 10.0 Å². The number of ether oxygens (including phenoxy) is 2. The van der Waals surface area contributed by atoms with Crippen molar-refractivity contribution >= 4 is 33.4 Å². The second kappa shape index (κ2) is 13.7. The molecule has 0 bridgehead atoms. The number of sulfonamides is 1. The smallest absolute Gasteiger partial charge is 0.306 e. The minimum Gasteiger partial charge on any atom is -0.494 e. The molecule has 0 unspecified atom stereocenters. The number of hydrogen-bond donors (Lipinski definition) is 1. The monoisotopic (exact) mass is 518 g/mol. The van der Waals surface area contributed by atoms with Crippen molar-refractivity contribution < 1.29 is 32.3 Å². The van der Waals surface area contributed by atoms with Crippen LogP contribution in [0.25, 0.3) is 0 Å². The van der Waals surface area contributed by atoms with E-state index in [1.165, 1.54) is 26.2 Å². The van der Waals surface area contributed by atoms with Gasteiger partial charge in [-0.05, 0) is 55.3 Å². The number of hydrogen-bond acceptors (Lipinski definition) is 7. The number of benzene rings is 2. The average Bonchev–Trinajstić information content (AvgIpc) is 2.85. The number of nitrogens with one attached hydrogen (secondary N) is 1. The molecule has 0 aliphatic heterocycles. The summed E-state index contributed by atoms with van der Waals surface area (Å²) < 4.78 is 36.3. The van der Waals surface area contributed by atoms with Gasteiger partial charge in [0.15, 0.2) is 12.4 Å². The summed E-state index contributed by atoms with van der Waals surface area (Å²) in [5, 5.41) is 2.56. The van der Waals surface area contributed by atoms with Gasteiger partial charge in [-0.15, -0.1) is 0 Å². The molecule has 196 valence electrons. The Hall–Kier alpha value is -3.24. The van der Waals surface area contributed by atoms with Gasteiger partial charge in [0.05, 0.1) is 17.9 Å². The van der Waals surface area contributed by atoms with Gasteiger partial charge in [-0.25, -0.2) is 12.7 Å². The largest absolute Gasteiger partial charge is 0.494 e. The van der Waals surface area contributed by atoms with E-state index in [1.807, 2.05) is 0 Å². The Balaban J connectivity index is 1.80. The first-order valence-electron chi connectivity index (χ1n) is 11.8. The van der Waals surface area contributed by atoms with Crippen LogP contribution in [-0.4, -0.2) is 57.7 Å². The molecule has 0 aliphatic rings. The van der Waals surface area contributed by atoms with E-state index in [2.05, 4.69) is 12.2 Å². The normalized spacial score (nSPS) is 11.2. The second-order valence-corrected chi connectivity index (χ2v) is 10.6. The summed E-state index contributed by atoms with van der Waals surface area (Å²) in [7, 11) is -0.841. The van der Waals surface area contributed by atoms with Crippen molar-refractivity contribution in [3.05, 3.63) is 53.6 Å². The van der Waals surface area contributed by atoms with Crippen LogP contribution in [-0.2, 0) is 24.3 Å². The number of unbranched alkanes of at least 4 members (excludes halogenated alkanes) is 2. The number of Topliss-reactive ketones (excluding diaryl/α,β-unsaturated/α-hetero) is 1. The number of amides is 1. The van der Waals surface area contributed by atoms with Gasteiger partial charge in [0.1, 0.15) is 5.75 Å². The van der Waals surface area contributed by atoms with Gasteiger partial charge in [0, 0.05) is 31.8 Å². The van der Waals surface area contributed by atoms with Gasteiger partial charge in [0.25, 0.3) is 5.91 Å². The van der Waals surface area contributed by atoms with Crippen LogP contribution in [0.2, 0.25) is 0 Å². The van der Waals surface area contributed by atoms with Crippen molar-refractivity contribution in [1.29, 1.82) is 0 Å². The molecule has 9 nitrogen and oxygen atoms in total. The molecule has 0 saturated carbocycles. The van der Waals surface area contributed by atoms with Crippen LogP contribution >= 0.6 is 0 Å². The number of ketones is 1. The third-order valence-electron chi connectivity index (χ3n) is 5.38. The fourth-order valence-corrected chi connectivity index (χ4v) is 4.08. The van der Waals surface area contributed by atoms with Crippen LogP contribution in [0.1, 0.15) is 54.9 Å². The van der Waals surface area contributed by atoms with Crippen LogP contribution in [0.4, 0.5) is 5.69 Å². The molecule has 10 heteroatoms. The lowest BCUT2D eigenvalue weighted by Gasteiger charge is -2.14. The molecule has 0 radical (unpaired) electrons. The zero-order valence-corrected chi connectivity index (χ0v) is 22.0. The van der Waals surface area contributed by atoms with E-state index in [0.29, 0.717) is 29.2 Å². The SMILES string of the molecule is CCCCCOc1ccc(C(=O)CCC(=O)OCC(=O)Nc2cc(S(=O)(=O)N(C)C)ccc2C)cc1. The molecule has 2 aromatic rings. The predicted octanol–water partition coefficient (Wildman–Crippen LogP) is 3.96. The first kappa shape index (κ1) is 29.0. The fourth-order valence-electron chi connectivity index (χ4n) is 3.15. The lowest BCUT2D eigenvalue weighted by molar-refractivity contribution is -0.147. The molecular weight excluding hydrogens is 484 g/mol. The predicted molar refractivity (Wildman–Crippen MR) is 137 cm³/mol. The Morgan fingerprint density at radius 2 is 1.67 bits per heavy atom. The molecule has 0 spiro atoms. The zero-order chi connectivity index (χ0) is 26.7. The highest BCUT2D eigenvalue weighted by Gasteiger charge is 2.19. The maximum absolute atomic E-state index is 12.4. The average molecular weight is 519 g/mol. The molecule has 1 amide bonds. The van der Waals surface area contributed by atoms with Crippen molar-refractivity contribution in [3.63, 3.8) is 0 Å². The molecule has 36 heavy (non-hydrogen) atoms. The van der Waals surface area contributed by atoms with Crippen molar-refractivity contribution in [2.45, 2.75) is 50.8 Å². The summed E-state index contributed by atoms with van der Waals surface area (Å²) in [5.41, 5.74) is 1.41. The number of esters is 1. The van der Waals surface area contributed by atoms with Crippen LogP contribution in [0.3, 0.4) is 0 Å². The van der Waals surface area contributed by atoms with Crippen LogP contribution in [0, 0.1) is 6.92 Å². The Kier molecular flexibility index (Phi) is 11.1. The van der Waals surface area contributed by atoms with Gasteiger partial charge in [-0.3, -0.25) is 14.4 Å². The van der Waals surface area contributed by atoms with Crippen LogP contribution in [0.5, 0.6) is 5.75 Å². The standard InChI is InChI=1S/C26H34N2O7S/c1-5-6-7-16-34-21-11-9-20(10-12-21)24(29)14-15-26(31)35-18-25(30)27-23-17-22(13-8-19(23)2)36(32,33)28(3)4/h8-13,17H,5-7,14-16,18H2,1-4H3,(H,27,30). The lowest BCUT2D eigenvalue weighted by atomic mass is 10.1. The van der Waals surface area contributed by atoms with Crippen LogP contribution < -0.4 is 10.1 Å². The summed E-state index contributed by atoms with van der Waals surface area (Å²) in [4.78, 5) is 36.7. The topological polar surface area (TPSA) is 119 Å². The highest BCUT2D eigenvalue weighted by atomic mass is 32.2. The van der Waals surface area contributed by atoms with Crippen molar-refractivity contribution in [2.24, 2.45) is 0 Å². The minimum atomic E-state index is -3.67. The van der Waals surface area contributed by atoms with E-state index in [4.69, 9.17) is 9.47 Å². The molecular formula is C26H34N2O7S. The number of aryl methyl sites for hydroxylation is 1. The van der Waals surface area contributed by atoms with Crippen molar-refractivity contribution in [2.75, 3.05) is 32.6 Å². The molecule has 0 aromatic heterocycles. The van der Waals surface area contributed by atoms with Crippen molar-refractivity contribution in [3.8, 4) is 5.75 Å². The Labute approximate surface area is 212 Å². The number of carbonyl (C=O) groups is 3. The first-order chi connectivity index (χ1) is 17.0. The molecule has 0 heterocycles. The number of anilines is 1. The number of nitrogens with zero attached hydrogens (tertiary/aromatic N) is 1. The molecule has 0 saturated heterocycles. The maximum atomic E-state index is 12.4. The summed E-state index contributed by atoms with van der Waals surface area (Å²) >= 11 is 0. The van der Waals surface area contributed by atoms with E-state index in [0.717, 1.165) is 23.6 Å². The van der Waals surface area contributed by atoms with E-state index in [9.17, 15) is 22.8 Å². The highest BCUT2D eigenvalue weighted by Crippen LogP contribution is 2.22. The Morgan fingerprint density at radius 3 is 2.31 bits per heavy atom. The summed E-state index contributed by atoms with van der Waals surface area (Å²) in [6, 6.07) is 11.1. The molecule has 0 fully saturated rings. The van der Waals surface area contributed by atoms with E-state index in [-0.39, 0.29) is 23.5 Å². The van der Waals surface area contributed by atoms with E-state index in [1.54, 1.807) is 37.3 Å². The van der Waals surface area contributed by atoms with E-state index < -0.39 is 28.5 Å². The summed E-state index contributed by atoms with van der Waals surface area (Å²) in [6.45, 7) is 3.90. The first-order valence-corrected chi connectivity index (χ1v) is 13.2. The Morgan fingerprint density at radius 1 is 0.972 bits per heavy atom. The number of carbonyl (C=O) groups excluding carboxylic acids is 3. The zero-order valence-electron chi connectivity index (χ0n) is 21.2. The quantitative estimate of drug-likeness (QED) is 0.228. The highest BCUT2D eigenvalue weighted by molar-refractivity contribution is 7.89. The van der Waals surface area contributed by atoms with Crippen LogP contribution in [0.15, 0.2) is 47.4 Å². The molecule has 1 N–H and O–H groups in total. The molecule has 2 rings (SSSR count). The minimum absolute atomic E-state index is 0.0278. The summed E-state index contributed by atoms with van der Waals surface area (Å²) in [5.74, 6) is -0.835. The van der Waals surface area contributed by atoms with Gasteiger partial charge < -0.3 is 14.8 Å².